The number of hydrogen-bond acceptors (Lipinski definition) is 1. The predicted molar refractivity (Wildman–Crippen MR) is 76.9 cm³/mol. The molecule has 1 heteroatoms. The third-order valence-corrected chi connectivity index (χ3v) is 2.98. The quantitative estimate of drug-likeness (QED) is 0.744. The zero-order valence-corrected chi connectivity index (χ0v) is 10.7. The Morgan fingerprint density at radius 2 is 1.72 bits per heavy atom. The van der Waals surface area contributed by atoms with Crippen LogP contribution in [0.4, 0.5) is 0 Å². The summed E-state index contributed by atoms with van der Waals surface area (Å²) in [7, 11) is 0. The van der Waals surface area contributed by atoms with Crippen LogP contribution in [0.3, 0.4) is 0 Å². The molecule has 0 N–H and O–H groups in total. The minimum Gasteiger partial charge on any atom is -0.493 e. The van der Waals surface area contributed by atoms with E-state index < -0.39 is 0 Å². The molecule has 2 rings (SSSR count). The summed E-state index contributed by atoms with van der Waals surface area (Å²) >= 11 is 0. The fourth-order valence-electron chi connectivity index (χ4n) is 1.80. The van der Waals surface area contributed by atoms with Crippen molar-refractivity contribution < 1.29 is 4.74 Å². The van der Waals surface area contributed by atoms with Gasteiger partial charge in [0, 0.05) is 5.92 Å². The highest BCUT2D eigenvalue weighted by atomic mass is 16.5. The van der Waals surface area contributed by atoms with Gasteiger partial charge >= 0.3 is 0 Å². The smallest absolute Gasteiger partial charge is 0.119 e. The zero-order valence-electron chi connectivity index (χ0n) is 10.7. The maximum atomic E-state index is 5.79. The SMILES string of the molecule is C=Cc1ccc(OCC(C)c2ccccc2)cc1. The highest BCUT2D eigenvalue weighted by molar-refractivity contribution is 5.48. The summed E-state index contributed by atoms with van der Waals surface area (Å²) in [6, 6.07) is 18.4. The molecule has 1 atom stereocenters. The molecule has 0 radical (unpaired) electrons. The Hall–Kier alpha value is -2.02. The lowest BCUT2D eigenvalue weighted by Gasteiger charge is -2.13. The predicted octanol–water partition coefficient (Wildman–Crippen LogP) is 4.51. The number of ether oxygens (including phenoxy) is 1. The minimum absolute atomic E-state index is 0.394. The lowest BCUT2D eigenvalue weighted by Crippen LogP contribution is -2.06. The summed E-state index contributed by atoms with van der Waals surface area (Å²) in [6.07, 6.45) is 1.83. The lowest BCUT2D eigenvalue weighted by molar-refractivity contribution is 0.296. The van der Waals surface area contributed by atoms with Crippen LogP contribution >= 0.6 is 0 Å². The van der Waals surface area contributed by atoms with E-state index >= 15 is 0 Å². The Balaban J connectivity index is 1.93. The molecule has 1 unspecified atom stereocenters. The molecule has 18 heavy (non-hydrogen) atoms. The molecule has 0 bridgehead atoms. The van der Waals surface area contributed by atoms with E-state index in [0.717, 1.165) is 11.3 Å². The summed E-state index contributed by atoms with van der Waals surface area (Å²) in [4.78, 5) is 0. The third kappa shape index (κ3) is 3.24. The van der Waals surface area contributed by atoms with Crippen LogP contribution in [0.15, 0.2) is 61.2 Å². The second kappa shape index (κ2) is 6.06. The Bertz CT molecular complexity index is 485. The molecule has 1 nitrogen and oxygen atoms in total. The van der Waals surface area contributed by atoms with E-state index in [2.05, 4.69) is 37.8 Å². The van der Waals surface area contributed by atoms with E-state index in [1.54, 1.807) is 0 Å². The van der Waals surface area contributed by atoms with Gasteiger partial charge < -0.3 is 4.74 Å². The molecule has 0 amide bonds. The molecule has 92 valence electrons. The molecule has 0 saturated heterocycles. The summed E-state index contributed by atoms with van der Waals surface area (Å²) in [5.74, 6) is 1.30. The third-order valence-electron chi connectivity index (χ3n) is 2.98. The standard InChI is InChI=1S/C17H18O/c1-3-15-9-11-17(12-10-15)18-13-14(2)16-7-5-4-6-8-16/h3-12,14H,1,13H2,2H3. The van der Waals surface area contributed by atoms with Crippen molar-refractivity contribution in [3.8, 4) is 5.75 Å². The Morgan fingerprint density at radius 1 is 1.06 bits per heavy atom. The van der Waals surface area contributed by atoms with Crippen molar-refractivity contribution in [3.63, 3.8) is 0 Å². The van der Waals surface area contributed by atoms with E-state index in [1.807, 2.05) is 36.4 Å². The van der Waals surface area contributed by atoms with Crippen LogP contribution < -0.4 is 4.74 Å². The fraction of sp³-hybridized carbons (Fsp3) is 0.176. The highest BCUT2D eigenvalue weighted by Gasteiger charge is 2.05. The summed E-state index contributed by atoms with van der Waals surface area (Å²) in [5.41, 5.74) is 2.42. The first-order valence-electron chi connectivity index (χ1n) is 6.20. The van der Waals surface area contributed by atoms with E-state index in [0.29, 0.717) is 12.5 Å². The van der Waals surface area contributed by atoms with E-state index in [9.17, 15) is 0 Å². The second-order valence-corrected chi connectivity index (χ2v) is 4.40. The van der Waals surface area contributed by atoms with Gasteiger partial charge in [-0.05, 0) is 23.3 Å². The topological polar surface area (TPSA) is 9.23 Å². The van der Waals surface area contributed by atoms with Crippen LogP contribution in [-0.2, 0) is 0 Å². The molecule has 2 aromatic rings. The van der Waals surface area contributed by atoms with Gasteiger partial charge in [-0.2, -0.15) is 0 Å². The van der Waals surface area contributed by atoms with Crippen molar-refractivity contribution in [2.45, 2.75) is 12.8 Å². The van der Waals surface area contributed by atoms with Crippen molar-refractivity contribution >= 4 is 6.08 Å². The molecular weight excluding hydrogens is 220 g/mol. The number of benzene rings is 2. The summed E-state index contributed by atoms with van der Waals surface area (Å²) < 4.78 is 5.79. The van der Waals surface area contributed by atoms with Gasteiger partial charge in [-0.3, -0.25) is 0 Å². The number of hydrogen-bond donors (Lipinski definition) is 0. The molecular formula is C17H18O. The van der Waals surface area contributed by atoms with E-state index in [4.69, 9.17) is 4.74 Å². The molecule has 0 aliphatic carbocycles. The monoisotopic (exact) mass is 238 g/mol. The molecule has 2 aromatic carbocycles. The van der Waals surface area contributed by atoms with Gasteiger partial charge in [0.15, 0.2) is 0 Å². The maximum absolute atomic E-state index is 5.79. The van der Waals surface area contributed by atoms with Gasteiger partial charge in [-0.15, -0.1) is 0 Å². The Kier molecular flexibility index (Phi) is 4.19. The van der Waals surface area contributed by atoms with Gasteiger partial charge in [-0.1, -0.05) is 62.0 Å². The maximum Gasteiger partial charge on any atom is 0.119 e. The van der Waals surface area contributed by atoms with Crippen LogP contribution in [0.2, 0.25) is 0 Å². The van der Waals surface area contributed by atoms with E-state index in [1.165, 1.54) is 5.56 Å². The molecule has 0 saturated carbocycles. The lowest BCUT2D eigenvalue weighted by atomic mass is 10.0. The Morgan fingerprint density at radius 3 is 2.33 bits per heavy atom. The van der Waals surface area contributed by atoms with Crippen molar-refractivity contribution in [1.29, 1.82) is 0 Å². The van der Waals surface area contributed by atoms with Crippen LogP contribution in [-0.4, -0.2) is 6.61 Å². The van der Waals surface area contributed by atoms with Gasteiger partial charge in [0.2, 0.25) is 0 Å². The Labute approximate surface area is 109 Å². The summed E-state index contributed by atoms with van der Waals surface area (Å²) in [6.45, 7) is 6.60. The minimum atomic E-state index is 0.394. The summed E-state index contributed by atoms with van der Waals surface area (Å²) in [5, 5.41) is 0. The first-order valence-corrected chi connectivity index (χ1v) is 6.20. The van der Waals surface area contributed by atoms with Gasteiger partial charge in [0.25, 0.3) is 0 Å². The average molecular weight is 238 g/mol. The first-order chi connectivity index (χ1) is 8.79. The van der Waals surface area contributed by atoms with Crippen molar-refractivity contribution in [1.82, 2.24) is 0 Å². The highest BCUT2D eigenvalue weighted by Crippen LogP contribution is 2.18. The van der Waals surface area contributed by atoms with Crippen LogP contribution in [0.25, 0.3) is 6.08 Å². The van der Waals surface area contributed by atoms with Gasteiger partial charge in [0.05, 0.1) is 6.61 Å². The zero-order chi connectivity index (χ0) is 12.8. The van der Waals surface area contributed by atoms with Crippen molar-refractivity contribution in [2.24, 2.45) is 0 Å². The van der Waals surface area contributed by atoms with Crippen LogP contribution in [0.5, 0.6) is 5.75 Å². The fourth-order valence-corrected chi connectivity index (χ4v) is 1.80. The van der Waals surface area contributed by atoms with Gasteiger partial charge in [-0.25, -0.2) is 0 Å². The largest absolute Gasteiger partial charge is 0.493 e. The first kappa shape index (κ1) is 12.4. The normalized spacial score (nSPS) is 11.8. The van der Waals surface area contributed by atoms with Gasteiger partial charge in [0.1, 0.15) is 5.75 Å². The second-order valence-electron chi connectivity index (χ2n) is 4.40. The molecule has 0 aliphatic heterocycles. The van der Waals surface area contributed by atoms with Crippen molar-refractivity contribution in [3.05, 3.63) is 72.3 Å². The molecule has 0 spiro atoms. The molecule has 0 heterocycles. The molecule has 0 fully saturated rings. The average Bonchev–Trinajstić information content (AvgIpc) is 2.46. The molecule has 0 aromatic heterocycles. The van der Waals surface area contributed by atoms with Crippen LogP contribution in [0, 0.1) is 0 Å². The van der Waals surface area contributed by atoms with Crippen LogP contribution in [0.1, 0.15) is 24.0 Å². The molecule has 0 aliphatic rings. The van der Waals surface area contributed by atoms with E-state index in [-0.39, 0.29) is 0 Å². The van der Waals surface area contributed by atoms with Crippen molar-refractivity contribution in [2.75, 3.05) is 6.61 Å². The number of rotatable bonds is 5.